The fraction of sp³-hybridized carbons (Fsp3) is 0.538. The van der Waals surface area contributed by atoms with Crippen molar-refractivity contribution in [3.63, 3.8) is 0 Å². The van der Waals surface area contributed by atoms with E-state index in [2.05, 4.69) is 10.4 Å². The smallest absolute Gasteiger partial charge is 0.118 e. The van der Waals surface area contributed by atoms with Crippen LogP contribution in [0.4, 0.5) is 0 Å². The number of hydrogen-bond acceptors (Lipinski definition) is 5. The highest BCUT2D eigenvalue weighted by Crippen LogP contribution is 2.17. The van der Waals surface area contributed by atoms with E-state index < -0.39 is 6.10 Å². The molecule has 0 amide bonds. The molecule has 1 fully saturated rings. The molecular formula is C13H20N2O3. The Morgan fingerprint density at radius 2 is 2.00 bits per heavy atom. The van der Waals surface area contributed by atoms with Crippen LogP contribution in [0.3, 0.4) is 0 Å². The lowest BCUT2D eigenvalue weighted by Gasteiger charge is -2.28. The van der Waals surface area contributed by atoms with Gasteiger partial charge in [-0.05, 0) is 17.7 Å². The highest BCUT2D eigenvalue weighted by atomic mass is 16.5. The highest BCUT2D eigenvalue weighted by Gasteiger charge is 2.12. The Morgan fingerprint density at radius 3 is 2.61 bits per heavy atom. The molecule has 1 aromatic rings. The van der Waals surface area contributed by atoms with E-state index in [1.165, 1.54) is 0 Å². The number of aliphatic hydroxyl groups is 1. The molecule has 18 heavy (non-hydrogen) atoms. The quantitative estimate of drug-likeness (QED) is 0.802. The lowest BCUT2D eigenvalue weighted by Crippen LogP contribution is -2.47. The maximum atomic E-state index is 10.1. The number of nitrogens with one attached hydrogen (secondary N) is 1. The molecule has 1 saturated heterocycles. The number of nitrogens with zero attached hydrogens (tertiary/aromatic N) is 1. The SMILES string of the molecule is COc1ccc(C(O)CNN2CCOCC2)cc1. The molecule has 2 rings (SSSR count). The highest BCUT2D eigenvalue weighted by molar-refractivity contribution is 5.28. The Hall–Kier alpha value is -1.14. The van der Waals surface area contributed by atoms with E-state index in [0.717, 1.165) is 37.6 Å². The number of hydrazine groups is 1. The average molecular weight is 252 g/mol. The zero-order valence-corrected chi connectivity index (χ0v) is 10.6. The zero-order valence-electron chi connectivity index (χ0n) is 10.6. The molecule has 1 aliphatic rings. The molecular weight excluding hydrogens is 232 g/mol. The number of rotatable bonds is 5. The summed E-state index contributed by atoms with van der Waals surface area (Å²) in [7, 11) is 1.63. The topological polar surface area (TPSA) is 54.0 Å². The maximum absolute atomic E-state index is 10.1. The normalized spacial score (nSPS) is 18.6. The van der Waals surface area contributed by atoms with Gasteiger partial charge in [0.15, 0.2) is 0 Å². The van der Waals surface area contributed by atoms with Crippen molar-refractivity contribution in [2.24, 2.45) is 0 Å². The largest absolute Gasteiger partial charge is 0.497 e. The van der Waals surface area contributed by atoms with Gasteiger partial charge in [0.05, 0.1) is 26.4 Å². The molecule has 1 aliphatic heterocycles. The fourth-order valence-electron chi connectivity index (χ4n) is 1.88. The third-order valence-corrected chi connectivity index (χ3v) is 3.02. The fourth-order valence-corrected chi connectivity index (χ4v) is 1.88. The van der Waals surface area contributed by atoms with Crippen LogP contribution in [0.1, 0.15) is 11.7 Å². The molecule has 2 N–H and O–H groups in total. The third kappa shape index (κ3) is 3.68. The van der Waals surface area contributed by atoms with Gasteiger partial charge in [0.2, 0.25) is 0 Å². The lowest BCUT2D eigenvalue weighted by atomic mass is 10.1. The second-order valence-corrected chi connectivity index (χ2v) is 4.25. The van der Waals surface area contributed by atoms with E-state index in [9.17, 15) is 5.11 Å². The van der Waals surface area contributed by atoms with Crippen LogP contribution >= 0.6 is 0 Å². The van der Waals surface area contributed by atoms with Crippen molar-refractivity contribution in [2.45, 2.75) is 6.10 Å². The Balaban J connectivity index is 1.80. The summed E-state index contributed by atoms with van der Waals surface area (Å²) in [5, 5.41) is 12.1. The number of hydrogen-bond donors (Lipinski definition) is 2. The van der Waals surface area contributed by atoms with Crippen molar-refractivity contribution in [1.82, 2.24) is 10.4 Å². The molecule has 1 heterocycles. The number of aliphatic hydroxyl groups excluding tert-OH is 1. The molecule has 1 atom stereocenters. The molecule has 5 heteroatoms. The molecule has 0 aromatic heterocycles. The van der Waals surface area contributed by atoms with Crippen LogP contribution in [0.5, 0.6) is 5.75 Å². The number of methoxy groups -OCH3 is 1. The van der Waals surface area contributed by atoms with Crippen LogP contribution in [0.15, 0.2) is 24.3 Å². The summed E-state index contributed by atoms with van der Waals surface area (Å²) in [6.45, 7) is 3.70. The Bertz CT molecular complexity index is 350. The Labute approximate surface area is 107 Å². The molecule has 1 aromatic carbocycles. The molecule has 0 radical (unpaired) electrons. The molecule has 0 bridgehead atoms. The molecule has 1 unspecified atom stereocenters. The standard InChI is InChI=1S/C13H20N2O3/c1-17-12-4-2-11(3-5-12)13(16)10-14-15-6-8-18-9-7-15/h2-5,13-14,16H,6-10H2,1H3. The second kappa shape index (κ2) is 6.70. The van der Waals surface area contributed by atoms with Crippen molar-refractivity contribution in [3.05, 3.63) is 29.8 Å². The summed E-state index contributed by atoms with van der Waals surface area (Å²) in [5.41, 5.74) is 4.11. The average Bonchev–Trinajstić information content (AvgIpc) is 2.46. The van der Waals surface area contributed by atoms with Crippen molar-refractivity contribution >= 4 is 0 Å². The summed E-state index contributed by atoms with van der Waals surface area (Å²) >= 11 is 0. The first-order chi connectivity index (χ1) is 8.79. The number of ether oxygens (including phenoxy) is 2. The molecule has 0 spiro atoms. The summed E-state index contributed by atoms with van der Waals surface area (Å²) < 4.78 is 10.3. The van der Waals surface area contributed by atoms with Gasteiger partial charge in [-0.25, -0.2) is 5.01 Å². The zero-order chi connectivity index (χ0) is 12.8. The van der Waals surface area contributed by atoms with E-state index >= 15 is 0 Å². The predicted octanol–water partition coefficient (Wildman–Crippen LogP) is 0.565. The molecule has 5 nitrogen and oxygen atoms in total. The number of benzene rings is 1. The van der Waals surface area contributed by atoms with Gasteiger partial charge < -0.3 is 14.6 Å². The first kappa shape index (κ1) is 13.3. The Morgan fingerprint density at radius 1 is 1.33 bits per heavy atom. The summed E-state index contributed by atoms with van der Waals surface area (Å²) in [6.07, 6.45) is -0.515. The summed E-state index contributed by atoms with van der Waals surface area (Å²) in [4.78, 5) is 0. The first-order valence-corrected chi connectivity index (χ1v) is 6.18. The van der Waals surface area contributed by atoms with Crippen LogP contribution < -0.4 is 10.2 Å². The minimum absolute atomic E-state index is 0.506. The summed E-state index contributed by atoms with van der Waals surface area (Å²) in [6, 6.07) is 7.47. The van der Waals surface area contributed by atoms with Crippen molar-refractivity contribution in [1.29, 1.82) is 0 Å². The summed E-state index contributed by atoms with van der Waals surface area (Å²) in [5.74, 6) is 0.798. The van der Waals surface area contributed by atoms with E-state index in [0.29, 0.717) is 6.54 Å². The van der Waals surface area contributed by atoms with E-state index in [4.69, 9.17) is 9.47 Å². The van der Waals surface area contributed by atoms with Crippen LogP contribution in [-0.4, -0.2) is 50.1 Å². The van der Waals surface area contributed by atoms with E-state index in [1.54, 1.807) is 7.11 Å². The second-order valence-electron chi connectivity index (χ2n) is 4.25. The van der Waals surface area contributed by atoms with E-state index in [1.807, 2.05) is 24.3 Å². The van der Waals surface area contributed by atoms with Gasteiger partial charge >= 0.3 is 0 Å². The van der Waals surface area contributed by atoms with Gasteiger partial charge in [-0.3, -0.25) is 5.43 Å². The third-order valence-electron chi connectivity index (χ3n) is 3.02. The van der Waals surface area contributed by atoms with E-state index in [-0.39, 0.29) is 0 Å². The van der Waals surface area contributed by atoms with Gasteiger partial charge in [0.25, 0.3) is 0 Å². The first-order valence-electron chi connectivity index (χ1n) is 6.18. The minimum atomic E-state index is -0.515. The van der Waals surface area contributed by atoms with Crippen LogP contribution in [0.25, 0.3) is 0 Å². The van der Waals surface area contributed by atoms with Gasteiger partial charge in [0, 0.05) is 19.6 Å². The lowest BCUT2D eigenvalue weighted by molar-refractivity contribution is 0.00312. The Kier molecular flexibility index (Phi) is 4.95. The van der Waals surface area contributed by atoms with Gasteiger partial charge in [-0.2, -0.15) is 0 Å². The molecule has 100 valence electrons. The minimum Gasteiger partial charge on any atom is -0.497 e. The molecule has 0 saturated carbocycles. The number of morpholine rings is 1. The van der Waals surface area contributed by atoms with Gasteiger partial charge in [0.1, 0.15) is 5.75 Å². The van der Waals surface area contributed by atoms with Crippen molar-refractivity contribution < 1.29 is 14.6 Å². The van der Waals surface area contributed by atoms with Crippen LogP contribution in [-0.2, 0) is 4.74 Å². The van der Waals surface area contributed by atoms with Crippen molar-refractivity contribution in [3.8, 4) is 5.75 Å². The van der Waals surface area contributed by atoms with Gasteiger partial charge in [-0.1, -0.05) is 12.1 Å². The maximum Gasteiger partial charge on any atom is 0.118 e. The van der Waals surface area contributed by atoms with Crippen LogP contribution in [0.2, 0.25) is 0 Å². The molecule has 0 aliphatic carbocycles. The van der Waals surface area contributed by atoms with Gasteiger partial charge in [-0.15, -0.1) is 0 Å². The predicted molar refractivity (Wildman–Crippen MR) is 68.3 cm³/mol. The van der Waals surface area contributed by atoms with Crippen LogP contribution in [0, 0.1) is 0 Å². The monoisotopic (exact) mass is 252 g/mol. The van der Waals surface area contributed by atoms with Crippen molar-refractivity contribution in [2.75, 3.05) is 40.0 Å².